The van der Waals surface area contributed by atoms with Crippen molar-refractivity contribution < 1.29 is 41.8 Å². The second-order valence-corrected chi connectivity index (χ2v) is 10.6. The quantitative estimate of drug-likeness (QED) is 0.186. The first-order chi connectivity index (χ1) is 20.8. The number of amides is 2. The van der Waals surface area contributed by atoms with Gasteiger partial charge < -0.3 is 24.4 Å². The van der Waals surface area contributed by atoms with E-state index in [1.165, 1.54) is 19.2 Å². The number of aryl methyl sites for hydroxylation is 1. The van der Waals surface area contributed by atoms with Gasteiger partial charge in [-0.3, -0.25) is 14.5 Å². The number of rotatable bonds is 14. The second-order valence-electron chi connectivity index (χ2n) is 10.3. The van der Waals surface area contributed by atoms with E-state index < -0.39 is 34.7 Å². The number of ether oxygens (including phenoxy) is 3. The number of thiocarbonyl (C=S) groups is 1. The zero-order valence-electron chi connectivity index (χ0n) is 24.5. The predicted octanol–water partition coefficient (Wildman–Crippen LogP) is 4.14. The van der Waals surface area contributed by atoms with Gasteiger partial charge in [-0.25, -0.2) is 4.79 Å². The zero-order valence-corrected chi connectivity index (χ0v) is 25.3. The first kappa shape index (κ1) is 34.4. The van der Waals surface area contributed by atoms with Crippen molar-refractivity contribution in [2.75, 3.05) is 49.9 Å². The minimum Gasteiger partial charge on any atom is -0.467 e. The summed E-state index contributed by atoms with van der Waals surface area (Å²) in [5.41, 5.74) is -1.43. The van der Waals surface area contributed by atoms with Crippen LogP contribution in [0, 0.1) is 11.3 Å². The van der Waals surface area contributed by atoms with E-state index in [0.717, 1.165) is 22.6 Å². The van der Waals surface area contributed by atoms with Crippen LogP contribution in [0.3, 0.4) is 0 Å². The molecule has 2 aromatic carbocycles. The molecule has 2 aromatic rings. The molecule has 1 aliphatic rings. The summed E-state index contributed by atoms with van der Waals surface area (Å²) in [4.78, 5) is 39.1. The molecule has 0 radical (unpaired) electrons. The Bertz CT molecular complexity index is 1410. The van der Waals surface area contributed by atoms with Gasteiger partial charge in [0.1, 0.15) is 12.1 Å². The average Bonchev–Trinajstić information content (AvgIpc) is 3.16. The van der Waals surface area contributed by atoms with Crippen LogP contribution in [-0.4, -0.2) is 68.5 Å². The SMILES string of the molecule is COC(=O)COCCOCCNC(=O)CCCc1ccc(N2C(=S)N(c3ccc(C#N)c(C(F)(F)F)c3)C(=O)C2(C)C)cc1. The smallest absolute Gasteiger partial charge is 0.417 e. The Hall–Kier alpha value is -4.06. The van der Waals surface area contributed by atoms with Gasteiger partial charge in [0, 0.05) is 18.7 Å². The number of carbonyl (C=O) groups excluding carboxylic acids is 3. The van der Waals surface area contributed by atoms with Crippen molar-refractivity contribution in [1.29, 1.82) is 5.26 Å². The molecule has 14 heteroatoms. The van der Waals surface area contributed by atoms with Crippen molar-refractivity contribution in [2.24, 2.45) is 0 Å². The molecule has 1 saturated heterocycles. The van der Waals surface area contributed by atoms with E-state index in [4.69, 9.17) is 27.0 Å². The number of hydrogen-bond acceptors (Lipinski definition) is 8. The first-order valence-corrected chi connectivity index (χ1v) is 14.1. The van der Waals surface area contributed by atoms with E-state index in [9.17, 15) is 27.6 Å². The lowest BCUT2D eigenvalue weighted by atomic mass is 10.0. The third kappa shape index (κ3) is 8.52. The highest BCUT2D eigenvalue weighted by Gasteiger charge is 2.50. The molecule has 1 heterocycles. The van der Waals surface area contributed by atoms with Gasteiger partial charge in [0.2, 0.25) is 5.91 Å². The van der Waals surface area contributed by atoms with Crippen LogP contribution >= 0.6 is 12.2 Å². The number of methoxy groups -OCH3 is 1. The number of anilines is 2. The Morgan fingerprint density at radius 3 is 2.34 bits per heavy atom. The molecule has 0 bridgehead atoms. The maximum Gasteiger partial charge on any atom is 0.417 e. The predicted molar refractivity (Wildman–Crippen MR) is 159 cm³/mol. The van der Waals surface area contributed by atoms with Gasteiger partial charge in [0.05, 0.1) is 49.8 Å². The number of hydrogen-bond donors (Lipinski definition) is 1. The van der Waals surface area contributed by atoms with Crippen LogP contribution < -0.4 is 15.1 Å². The van der Waals surface area contributed by atoms with E-state index in [1.807, 2.05) is 12.1 Å². The largest absolute Gasteiger partial charge is 0.467 e. The van der Waals surface area contributed by atoms with Crippen LogP contribution in [0.1, 0.15) is 43.4 Å². The van der Waals surface area contributed by atoms with Crippen LogP contribution in [0.25, 0.3) is 0 Å². The summed E-state index contributed by atoms with van der Waals surface area (Å²) in [6, 6.07) is 11.8. The summed E-state index contributed by atoms with van der Waals surface area (Å²) in [6.07, 6.45) is -3.27. The highest BCUT2D eigenvalue weighted by Crippen LogP contribution is 2.39. The number of carbonyl (C=O) groups is 3. The molecule has 0 unspecified atom stereocenters. The number of nitriles is 1. The Labute approximate surface area is 258 Å². The summed E-state index contributed by atoms with van der Waals surface area (Å²) in [6.45, 7) is 4.28. The van der Waals surface area contributed by atoms with E-state index in [1.54, 1.807) is 30.9 Å². The lowest BCUT2D eigenvalue weighted by Gasteiger charge is -2.29. The van der Waals surface area contributed by atoms with Gasteiger partial charge in [0.25, 0.3) is 5.91 Å². The minimum atomic E-state index is -4.78. The molecule has 0 saturated carbocycles. The van der Waals surface area contributed by atoms with Crippen LogP contribution in [0.2, 0.25) is 0 Å². The van der Waals surface area contributed by atoms with E-state index in [0.29, 0.717) is 38.1 Å². The number of nitrogens with zero attached hydrogens (tertiary/aromatic N) is 3. The van der Waals surface area contributed by atoms with Crippen molar-refractivity contribution in [1.82, 2.24) is 5.32 Å². The number of esters is 1. The summed E-state index contributed by atoms with van der Waals surface area (Å²) in [7, 11) is 1.27. The van der Waals surface area contributed by atoms with E-state index in [-0.39, 0.29) is 36.5 Å². The molecule has 0 atom stereocenters. The van der Waals surface area contributed by atoms with Gasteiger partial charge in [0.15, 0.2) is 5.11 Å². The van der Waals surface area contributed by atoms with Gasteiger partial charge in [-0.15, -0.1) is 0 Å². The molecule has 0 spiro atoms. The first-order valence-electron chi connectivity index (χ1n) is 13.7. The van der Waals surface area contributed by atoms with Gasteiger partial charge >= 0.3 is 12.1 Å². The Balaban J connectivity index is 1.52. The minimum absolute atomic E-state index is 0.0138. The summed E-state index contributed by atoms with van der Waals surface area (Å²) >= 11 is 5.57. The third-order valence-electron chi connectivity index (χ3n) is 6.81. The number of benzene rings is 2. The molecule has 1 fully saturated rings. The molecule has 3 rings (SSSR count). The van der Waals surface area contributed by atoms with Crippen molar-refractivity contribution in [3.63, 3.8) is 0 Å². The molecule has 10 nitrogen and oxygen atoms in total. The van der Waals surface area contributed by atoms with E-state index >= 15 is 0 Å². The molecule has 1 N–H and O–H groups in total. The second kappa shape index (κ2) is 15.1. The van der Waals surface area contributed by atoms with Crippen molar-refractivity contribution in [2.45, 2.75) is 44.8 Å². The lowest BCUT2D eigenvalue weighted by Crippen LogP contribution is -2.44. The van der Waals surface area contributed by atoms with Crippen LogP contribution in [0.4, 0.5) is 24.5 Å². The molecule has 0 aliphatic carbocycles. The monoisotopic (exact) mass is 634 g/mol. The van der Waals surface area contributed by atoms with Crippen LogP contribution in [-0.2, 0) is 41.2 Å². The molecule has 1 aliphatic heterocycles. The van der Waals surface area contributed by atoms with Crippen LogP contribution in [0.15, 0.2) is 42.5 Å². The lowest BCUT2D eigenvalue weighted by molar-refractivity contribution is -0.146. The van der Waals surface area contributed by atoms with Crippen LogP contribution in [0.5, 0.6) is 0 Å². The summed E-state index contributed by atoms with van der Waals surface area (Å²) in [5, 5.41) is 11.9. The normalized spacial score (nSPS) is 14.5. The highest BCUT2D eigenvalue weighted by molar-refractivity contribution is 7.81. The molecule has 236 valence electrons. The maximum absolute atomic E-state index is 13.6. The van der Waals surface area contributed by atoms with Crippen molar-refractivity contribution >= 4 is 46.5 Å². The average molecular weight is 635 g/mol. The number of halogens is 3. The zero-order chi connectivity index (χ0) is 32.5. The molecule has 2 amide bonds. The Morgan fingerprint density at radius 1 is 1.05 bits per heavy atom. The van der Waals surface area contributed by atoms with Crippen molar-refractivity contribution in [3.8, 4) is 6.07 Å². The Morgan fingerprint density at radius 2 is 1.70 bits per heavy atom. The number of nitrogens with one attached hydrogen (secondary N) is 1. The van der Waals surface area contributed by atoms with Gasteiger partial charge in [-0.1, -0.05) is 12.1 Å². The molecule has 44 heavy (non-hydrogen) atoms. The van der Waals surface area contributed by atoms with Gasteiger partial charge in [-0.2, -0.15) is 18.4 Å². The fourth-order valence-corrected chi connectivity index (χ4v) is 5.03. The summed E-state index contributed by atoms with van der Waals surface area (Å²) in [5.74, 6) is -1.09. The topological polar surface area (TPSA) is 121 Å². The maximum atomic E-state index is 13.6. The third-order valence-corrected chi connectivity index (χ3v) is 7.17. The standard InChI is InChI=1S/C30H33F3N4O6S/c1-29(2)27(40)36(23-12-9-21(18-34)24(17-23)30(31,32)33)28(44)37(29)22-10-7-20(8-11-22)5-4-6-25(38)35-13-14-42-15-16-43-19-26(39)41-3/h7-12,17H,4-6,13-16,19H2,1-3H3,(H,35,38). The summed E-state index contributed by atoms with van der Waals surface area (Å²) < 4.78 is 55.5. The van der Waals surface area contributed by atoms with Crippen molar-refractivity contribution in [3.05, 3.63) is 59.2 Å². The van der Waals surface area contributed by atoms with Gasteiger partial charge in [-0.05, 0) is 74.8 Å². The Kier molecular flexibility index (Phi) is 11.8. The number of alkyl halides is 3. The van der Waals surface area contributed by atoms with E-state index in [2.05, 4.69) is 10.1 Å². The fraction of sp³-hybridized carbons (Fsp3) is 0.433. The molecule has 0 aromatic heterocycles. The highest BCUT2D eigenvalue weighted by atomic mass is 32.1. The fourth-order valence-electron chi connectivity index (χ4n) is 4.51. The molecular formula is C30H33F3N4O6S. The molecular weight excluding hydrogens is 601 g/mol.